The monoisotopic (exact) mass is 482 g/mol. The summed E-state index contributed by atoms with van der Waals surface area (Å²) < 4.78 is 14.7. The SMILES string of the molecule is O=C(Cn1cccc1C(=O)N1CCN(C(=O)c2ccc(F)cc2)CC1)NCc1ccccc1Cl. The van der Waals surface area contributed by atoms with Crippen LogP contribution in [0, 0.1) is 5.82 Å². The molecule has 0 radical (unpaired) electrons. The Morgan fingerprint density at radius 1 is 0.853 bits per heavy atom. The van der Waals surface area contributed by atoms with Gasteiger partial charge in [0.2, 0.25) is 5.91 Å². The summed E-state index contributed by atoms with van der Waals surface area (Å²) in [6, 6.07) is 16.1. The van der Waals surface area contributed by atoms with Gasteiger partial charge in [0.25, 0.3) is 11.8 Å². The summed E-state index contributed by atoms with van der Waals surface area (Å²) in [6.45, 7) is 1.79. The van der Waals surface area contributed by atoms with Crippen LogP contribution in [0.4, 0.5) is 4.39 Å². The number of hydrogen-bond acceptors (Lipinski definition) is 3. The van der Waals surface area contributed by atoms with Crippen LogP contribution in [0.5, 0.6) is 0 Å². The Morgan fingerprint density at radius 3 is 2.18 bits per heavy atom. The molecule has 4 rings (SSSR count). The maximum absolute atomic E-state index is 13.1. The molecule has 0 atom stereocenters. The highest BCUT2D eigenvalue weighted by molar-refractivity contribution is 6.31. The first kappa shape index (κ1) is 23.5. The average Bonchev–Trinajstić information content (AvgIpc) is 3.31. The lowest BCUT2D eigenvalue weighted by molar-refractivity contribution is -0.121. The molecule has 3 amide bonds. The maximum atomic E-state index is 13.1. The number of nitrogens with one attached hydrogen (secondary N) is 1. The Balaban J connectivity index is 1.32. The molecule has 1 saturated heterocycles. The normalized spacial score (nSPS) is 13.6. The summed E-state index contributed by atoms with van der Waals surface area (Å²) in [5.74, 6) is -1.02. The molecule has 1 N–H and O–H groups in total. The lowest BCUT2D eigenvalue weighted by Crippen LogP contribution is -2.51. The molecule has 2 heterocycles. The van der Waals surface area contributed by atoms with Gasteiger partial charge in [0.15, 0.2) is 0 Å². The number of aromatic nitrogens is 1. The summed E-state index contributed by atoms with van der Waals surface area (Å²) in [6.07, 6.45) is 1.69. The van der Waals surface area contributed by atoms with E-state index in [9.17, 15) is 18.8 Å². The molecule has 34 heavy (non-hydrogen) atoms. The Bertz CT molecular complexity index is 1190. The van der Waals surface area contributed by atoms with Crippen molar-refractivity contribution in [2.45, 2.75) is 13.1 Å². The first-order chi connectivity index (χ1) is 16.4. The second-order valence-electron chi connectivity index (χ2n) is 7.98. The minimum absolute atomic E-state index is 0.00153. The molecule has 1 aliphatic rings. The van der Waals surface area contributed by atoms with Crippen molar-refractivity contribution in [2.75, 3.05) is 26.2 Å². The first-order valence-electron chi connectivity index (χ1n) is 10.9. The van der Waals surface area contributed by atoms with E-state index in [1.54, 1.807) is 38.8 Å². The second kappa shape index (κ2) is 10.5. The molecule has 176 valence electrons. The van der Waals surface area contributed by atoms with Crippen molar-refractivity contribution < 1.29 is 18.8 Å². The molecule has 3 aromatic rings. The van der Waals surface area contributed by atoms with Gasteiger partial charge in [-0.05, 0) is 48.0 Å². The van der Waals surface area contributed by atoms with Crippen LogP contribution in [-0.2, 0) is 17.9 Å². The molecule has 9 heteroatoms. The standard InChI is InChI=1S/C25H24ClFN4O3/c26-21-5-2-1-4-19(21)16-28-23(32)17-31-11-3-6-22(31)25(34)30-14-12-29(13-15-30)24(33)18-7-9-20(27)10-8-18/h1-11H,12-17H2,(H,28,32). The van der Waals surface area contributed by atoms with E-state index in [1.165, 1.54) is 24.3 Å². The van der Waals surface area contributed by atoms with Crippen molar-refractivity contribution in [1.29, 1.82) is 0 Å². The number of carbonyl (C=O) groups is 3. The predicted molar refractivity (Wildman–Crippen MR) is 126 cm³/mol. The van der Waals surface area contributed by atoms with E-state index < -0.39 is 5.82 Å². The molecule has 0 spiro atoms. The molecule has 0 unspecified atom stereocenters. The number of nitrogens with zero attached hydrogens (tertiary/aromatic N) is 3. The van der Waals surface area contributed by atoms with E-state index in [-0.39, 0.29) is 24.3 Å². The Morgan fingerprint density at radius 2 is 1.50 bits per heavy atom. The quantitative estimate of drug-likeness (QED) is 0.586. The summed E-state index contributed by atoms with van der Waals surface area (Å²) in [7, 11) is 0. The first-order valence-corrected chi connectivity index (χ1v) is 11.3. The van der Waals surface area contributed by atoms with Gasteiger partial charge in [-0.15, -0.1) is 0 Å². The van der Waals surface area contributed by atoms with Gasteiger partial charge in [-0.25, -0.2) is 4.39 Å². The van der Waals surface area contributed by atoms with Crippen molar-refractivity contribution in [1.82, 2.24) is 19.7 Å². The van der Waals surface area contributed by atoms with Crippen molar-refractivity contribution in [3.63, 3.8) is 0 Å². The van der Waals surface area contributed by atoms with E-state index in [4.69, 9.17) is 11.6 Å². The summed E-state index contributed by atoms with van der Waals surface area (Å²) >= 11 is 6.13. The van der Waals surface area contributed by atoms with Crippen LogP contribution in [0.2, 0.25) is 5.02 Å². The lowest BCUT2D eigenvalue weighted by Gasteiger charge is -2.35. The molecule has 0 saturated carbocycles. The minimum Gasteiger partial charge on any atom is -0.350 e. The van der Waals surface area contributed by atoms with Gasteiger partial charge in [-0.1, -0.05) is 29.8 Å². The molecular weight excluding hydrogens is 459 g/mol. The van der Waals surface area contributed by atoms with Gasteiger partial charge in [-0.3, -0.25) is 14.4 Å². The van der Waals surface area contributed by atoms with Crippen LogP contribution in [-0.4, -0.2) is 58.3 Å². The number of rotatable bonds is 6. The highest BCUT2D eigenvalue weighted by atomic mass is 35.5. The molecule has 0 aliphatic carbocycles. The Kier molecular flexibility index (Phi) is 7.27. The Hall–Kier alpha value is -3.65. The van der Waals surface area contributed by atoms with Crippen LogP contribution in [0.3, 0.4) is 0 Å². The molecule has 1 aromatic heterocycles. The second-order valence-corrected chi connectivity index (χ2v) is 8.39. The number of hydrogen-bond donors (Lipinski definition) is 1. The van der Waals surface area contributed by atoms with E-state index >= 15 is 0 Å². The number of benzene rings is 2. The number of halogens is 2. The number of piperazine rings is 1. The van der Waals surface area contributed by atoms with Crippen LogP contribution in [0.1, 0.15) is 26.4 Å². The highest BCUT2D eigenvalue weighted by Crippen LogP contribution is 2.15. The largest absolute Gasteiger partial charge is 0.350 e. The van der Waals surface area contributed by atoms with Crippen LogP contribution in [0.25, 0.3) is 0 Å². The summed E-state index contributed by atoms with van der Waals surface area (Å²) in [5.41, 5.74) is 1.64. The van der Waals surface area contributed by atoms with Gasteiger partial charge < -0.3 is 19.7 Å². The highest BCUT2D eigenvalue weighted by Gasteiger charge is 2.27. The number of carbonyl (C=O) groups excluding carboxylic acids is 3. The van der Waals surface area contributed by atoms with Gasteiger partial charge in [-0.2, -0.15) is 0 Å². The fourth-order valence-corrected chi connectivity index (χ4v) is 4.04. The van der Waals surface area contributed by atoms with Crippen molar-refractivity contribution >= 4 is 29.3 Å². The summed E-state index contributed by atoms with van der Waals surface area (Å²) in [4.78, 5) is 41.5. The minimum atomic E-state index is -0.396. The lowest BCUT2D eigenvalue weighted by atomic mass is 10.1. The molecule has 7 nitrogen and oxygen atoms in total. The predicted octanol–water partition coefficient (Wildman–Crippen LogP) is 3.20. The molecular formula is C25H24ClFN4O3. The summed E-state index contributed by atoms with van der Waals surface area (Å²) in [5, 5.41) is 3.40. The third-order valence-electron chi connectivity index (χ3n) is 5.74. The van der Waals surface area contributed by atoms with Crippen LogP contribution >= 0.6 is 11.6 Å². The van der Waals surface area contributed by atoms with Crippen molar-refractivity contribution in [3.8, 4) is 0 Å². The fraction of sp³-hybridized carbons (Fsp3) is 0.240. The fourth-order valence-electron chi connectivity index (χ4n) is 3.84. The van der Waals surface area contributed by atoms with Gasteiger partial charge >= 0.3 is 0 Å². The Labute approximate surface area is 201 Å². The van der Waals surface area contributed by atoms with Crippen molar-refractivity contribution in [3.05, 3.63) is 94.5 Å². The van der Waals surface area contributed by atoms with E-state index in [1.807, 2.05) is 18.2 Å². The average molecular weight is 483 g/mol. The van der Waals surface area contributed by atoms with Crippen molar-refractivity contribution in [2.24, 2.45) is 0 Å². The van der Waals surface area contributed by atoms with E-state index in [2.05, 4.69) is 5.32 Å². The van der Waals surface area contributed by atoms with Gasteiger partial charge in [0, 0.05) is 49.5 Å². The molecule has 1 aliphatic heterocycles. The zero-order valence-corrected chi connectivity index (χ0v) is 19.2. The topological polar surface area (TPSA) is 74.7 Å². The number of amides is 3. The third-order valence-corrected chi connectivity index (χ3v) is 6.11. The smallest absolute Gasteiger partial charge is 0.270 e. The third kappa shape index (κ3) is 5.46. The zero-order valence-electron chi connectivity index (χ0n) is 18.4. The van der Waals surface area contributed by atoms with Gasteiger partial charge in [0.05, 0.1) is 0 Å². The van der Waals surface area contributed by atoms with Crippen LogP contribution in [0.15, 0.2) is 66.9 Å². The molecule has 0 bridgehead atoms. The molecule has 2 aromatic carbocycles. The van der Waals surface area contributed by atoms with E-state index in [0.717, 1.165) is 5.56 Å². The maximum Gasteiger partial charge on any atom is 0.270 e. The van der Waals surface area contributed by atoms with E-state index in [0.29, 0.717) is 49.0 Å². The van der Waals surface area contributed by atoms with Gasteiger partial charge in [0.1, 0.15) is 18.1 Å². The zero-order chi connectivity index (χ0) is 24.1. The molecule has 1 fully saturated rings. The van der Waals surface area contributed by atoms with Crippen LogP contribution < -0.4 is 5.32 Å².